The molecule has 0 bridgehead atoms. The molecule has 3 heterocycles. The smallest absolute Gasteiger partial charge is 0.282 e. The Balaban J connectivity index is 1.58. The van der Waals surface area contributed by atoms with Crippen molar-refractivity contribution >= 4 is 16.5 Å². The Morgan fingerprint density at radius 1 is 0.889 bits per heavy atom. The molecule has 0 unspecified atom stereocenters. The van der Waals surface area contributed by atoms with Crippen LogP contribution in [-0.2, 0) is 0 Å². The van der Waals surface area contributed by atoms with E-state index in [2.05, 4.69) is 44.2 Å². The van der Waals surface area contributed by atoms with E-state index in [9.17, 15) is 4.79 Å². The maximum atomic E-state index is 12.8. The Kier molecular flexibility index (Phi) is 3.67. The number of aromatic nitrogens is 4. The maximum Gasteiger partial charge on any atom is 0.282 e. The third kappa shape index (κ3) is 2.75. The van der Waals surface area contributed by atoms with Crippen LogP contribution in [-0.4, -0.2) is 32.8 Å². The lowest BCUT2D eigenvalue weighted by atomic mass is 10.0. The van der Waals surface area contributed by atoms with Gasteiger partial charge in [0.25, 0.3) is 11.5 Å². The summed E-state index contributed by atoms with van der Waals surface area (Å²) >= 11 is 0. The normalized spacial score (nSPS) is 13.6. The Morgan fingerprint density at radius 3 is 2.48 bits per heavy atom. The number of rotatable bonds is 3. The zero-order valence-electron chi connectivity index (χ0n) is 14.6. The molecule has 1 aliphatic heterocycles. The van der Waals surface area contributed by atoms with E-state index in [1.54, 1.807) is 24.7 Å². The molecule has 6 heteroatoms. The van der Waals surface area contributed by atoms with E-state index in [1.807, 2.05) is 18.2 Å². The van der Waals surface area contributed by atoms with Crippen molar-refractivity contribution in [3.05, 3.63) is 77.5 Å². The number of nitrogens with zero attached hydrogens (tertiary/aromatic N) is 5. The van der Waals surface area contributed by atoms with Crippen molar-refractivity contribution in [2.75, 3.05) is 18.0 Å². The number of benzene rings is 2. The molecule has 0 N–H and O–H groups in total. The summed E-state index contributed by atoms with van der Waals surface area (Å²) in [6.07, 6.45) is 6.13. The molecule has 6 nitrogen and oxygen atoms in total. The van der Waals surface area contributed by atoms with Crippen LogP contribution in [0.25, 0.3) is 27.8 Å². The predicted octanol–water partition coefficient (Wildman–Crippen LogP) is 3.05. The van der Waals surface area contributed by atoms with Crippen LogP contribution in [0.2, 0.25) is 0 Å². The maximum absolute atomic E-state index is 12.8. The molecule has 2 aromatic carbocycles. The molecular formula is C21H17N5O. The first kappa shape index (κ1) is 15.7. The molecule has 0 spiro atoms. The summed E-state index contributed by atoms with van der Waals surface area (Å²) in [5, 5.41) is 5.65. The van der Waals surface area contributed by atoms with Gasteiger partial charge in [0.05, 0.1) is 11.6 Å². The molecule has 27 heavy (non-hydrogen) atoms. The van der Waals surface area contributed by atoms with Gasteiger partial charge in [-0.15, -0.1) is 0 Å². The van der Waals surface area contributed by atoms with Gasteiger partial charge in [0, 0.05) is 36.6 Å². The standard InChI is InChI=1S/C21H17N5O/c27-20-19-7-6-16(15-4-1-5-18(13-15)25-10-3-11-25)12-17(19)14-24-26(20)21-22-8-2-9-23-21/h1-2,4-9,12-14H,3,10-11H2. The Labute approximate surface area is 155 Å². The van der Waals surface area contributed by atoms with Gasteiger partial charge in [-0.3, -0.25) is 4.79 Å². The third-order valence-corrected chi connectivity index (χ3v) is 4.93. The highest BCUT2D eigenvalue weighted by atomic mass is 16.1. The van der Waals surface area contributed by atoms with Crippen molar-refractivity contribution in [3.8, 4) is 17.1 Å². The number of fused-ring (bicyclic) bond motifs is 1. The average molecular weight is 355 g/mol. The molecule has 4 aromatic rings. The van der Waals surface area contributed by atoms with E-state index in [1.165, 1.54) is 16.8 Å². The van der Waals surface area contributed by atoms with Gasteiger partial charge in [0.2, 0.25) is 0 Å². The first-order chi connectivity index (χ1) is 13.3. The minimum absolute atomic E-state index is 0.223. The lowest BCUT2D eigenvalue weighted by Gasteiger charge is -2.33. The van der Waals surface area contributed by atoms with Gasteiger partial charge in [0.15, 0.2) is 0 Å². The van der Waals surface area contributed by atoms with Crippen molar-refractivity contribution in [2.24, 2.45) is 0 Å². The quantitative estimate of drug-likeness (QED) is 0.565. The van der Waals surface area contributed by atoms with Gasteiger partial charge < -0.3 is 4.90 Å². The molecule has 0 radical (unpaired) electrons. The molecule has 0 aliphatic carbocycles. The van der Waals surface area contributed by atoms with Crippen LogP contribution >= 0.6 is 0 Å². The fraction of sp³-hybridized carbons (Fsp3) is 0.143. The molecule has 1 saturated heterocycles. The highest BCUT2D eigenvalue weighted by Gasteiger charge is 2.15. The summed E-state index contributed by atoms with van der Waals surface area (Å²) in [6, 6.07) is 16.1. The fourth-order valence-electron chi connectivity index (χ4n) is 3.33. The number of hydrogen-bond acceptors (Lipinski definition) is 5. The second kappa shape index (κ2) is 6.32. The van der Waals surface area contributed by atoms with Crippen LogP contribution < -0.4 is 10.5 Å². The minimum atomic E-state index is -0.223. The lowest BCUT2D eigenvalue weighted by Crippen LogP contribution is -2.36. The van der Waals surface area contributed by atoms with Crippen LogP contribution in [0.4, 0.5) is 5.69 Å². The summed E-state index contributed by atoms with van der Waals surface area (Å²) in [5.74, 6) is 0.274. The topological polar surface area (TPSA) is 63.9 Å². The van der Waals surface area contributed by atoms with Gasteiger partial charge in [-0.1, -0.05) is 18.2 Å². The first-order valence-corrected chi connectivity index (χ1v) is 8.94. The summed E-state index contributed by atoms with van der Waals surface area (Å²) in [5.41, 5.74) is 3.23. The van der Waals surface area contributed by atoms with E-state index >= 15 is 0 Å². The molecule has 0 amide bonds. The largest absolute Gasteiger partial charge is 0.371 e. The fourth-order valence-corrected chi connectivity index (χ4v) is 3.33. The monoisotopic (exact) mass is 355 g/mol. The molecule has 5 rings (SSSR count). The molecule has 1 aliphatic rings. The van der Waals surface area contributed by atoms with Crippen molar-refractivity contribution < 1.29 is 0 Å². The molecule has 1 fully saturated rings. The van der Waals surface area contributed by atoms with Crippen molar-refractivity contribution in [2.45, 2.75) is 6.42 Å². The second-order valence-corrected chi connectivity index (χ2v) is 6.60. The predicted molar refractivity (Wildman–Crippen MR) is 105 cm³/mol. The molecule has 0 atom stereocenters. The van der Waals surface area contributed by atoms with E-state index in [-0.39, 0.29) is 11.5 Å². The van der Waals surface area contributed by atoms with Gasteiger partial charge in [-0.2, -0.15) is 9.78 Å². The van der Waals surface area contributed by atoms with Crippen LogP contribution in [0.1, 0.15) is 6.42 Å². The molecule has 132 valence electrons. The SMILES string of the molecule is O=c1c2ccc(-c3cccc(N4CCC4)c3)cc2cnn1-c1ncccn1. The van der Waals surface area contributed by atoms with Crippen LogP contribution in [0.3, 0.4) is 0 Å². The summed E-state index contributed by atoms with van der Waals surface area (Å²) in [4.78, 5) is 23.4. The second-order valence-electron chi connectivity index (χ2n) is 6.60. The highest BCUT2D eigenvalue weighted by molar-refractivity contribution is 5.86. The average Bonchev–Trinajstić information content (AvgIpc) is 2.68. The van der Waals surface area contributed by atoms with Crippen LogP contribution in [0, 0.1) is 0 Å². The van der Waals surface area contributed by atoms with E-state index in [0.29, 0.717) is 5.39 Å². The van der Waals surface area contributed by atoms with Crippen LogP contribution in [0.5, 0.6) is 0 Å². The summed E-state index contributed by atoms with van der Waals surface area (Å²) in [6.45, 7) is 2.23. The first-order valence-electron chi connectivity index (χ1n) is 8.94. The highest BCUT2D eigenvalue weighted by Crippen LogP contribution is 2.28. The molecule has 0 saturated carbocycles. The van der Waals surface area contributed by atoms with Gasteiger partial charge in [-0.25, -0.2) is 9.97 Å². The number of hydrogen-bond donors (Lipinski definition) is 0. The zero-order chi connectivity index (χ0) is 18.2. The van der Waals surface area contributed by atoms with Crippen molar-refractivity contribution in [1.82, 2.24) is 19.7 Å². The third-order valence-electron chi connectivity index (χ3n) is 4.93. The lowest BCUT2D eigenvalue weighted by molar-refractivity contribution is 0.618. The van der Waals surface area contributed by atoms with E-state index in [4.69, 9.17) is 0 Å². The Morgan fingerprint density at radius 2 is 1.70 bits per heavy atom. The van der Waals surface area contributed by atoms with Crippen molar-refractivity contribution in [3.63, 3.8) is 0 Å². The molecule has 2 aromatic heterocycles. The minimum Gasteiger partial charge on any atom is -0.371 e. The van der Waals surface area contributed by atoms with Crippen LogP contribution in [0.15, 0.2) is 71.9 Å². The van der Waals surface area contributed by atoms with Gasteiger partial charge in [0.1, 0.15) is 0 Å². The van der Waals surface area contributed by atoms with Gasteiger partial charge in [-0.05, 0) is 47.9 Å². The van der Waals surface area contributed by atoms with E-state index in [0.717, 1.165) is 29.6 Å². The summed E-state index contributed by atoms with van der Waals surface area (Å²) < 4.78 is 1.23. The Bertz CT molecular complexity index is 1180. The number of anilines is 1. The van der Waals surface area contributed by atoms with Crippen molar-refractivity contribution in [1.29, 1.82) is 0 Å². The van der Waals surface area contributed by atoms with Gasteiger partial charge >= 0.3 is 0 Å². The van der Waals surface area contributed by atoms with E-state index < -0.39 is 0 Å². The summed E-state index contributed by atoms with van der Waals surface area (Å²) in [7, 11) is 0. The molecular weight excluding hydrogens is 338 g/mol. The Hall–Kier alpha value is -3.54. The zero-order valence-corrected chi connectivity index (χ0v) is 14.6.